The highest BCUT2D eigenvalue weighted by Gasteiger charge is 2.12. The summed E-state index contributed by atoms with van der Waals surface area (Å²) in [6, 6.07) is 10.4. The predicted octanol–water partition coefficient (Wildman–Crippen LogP) is 3.98. The average molecular weight is 226 g/mol. The highest BCUT2D eigenvalue weighted by molar-refractivity contribution is 5.79. The van der Waals surface area contributed by atoms with Crippen LogP contribution >= 0.6 is 0 Å². The minimum Gasteiger partial charge on any atom is -0.194 e. The second kappa shape index (κ2) is 6.00. The molecule has 0 aliphatic rings. The number of aryl methyl sites for hydroxylation is 1. The summed E-state index contributed by atoms with van der Waals surface area (Å²) in [7, 11) is 2.05. The van der Waals surface area contributed by atoms with Crippen LogP contribution in [0.3, 0.4) is 0 Å². The lowest BCUT2D eigenvalue weighted by Gasteiger charge is -2.03. The molecule has 0 aliphatic heterocycles. The summed E-state index contributed by atoms with van der Waals surface area (Å²) in [5.41, 5.74) is 3.42. The summed E-state index contributed by atoms with van der Waals surface area (Å²) < 4.78 is 2.14. The molecule has 0 bridgehead atoms. The first-order valence-electron chi connectivity index (χ1n) is 5.94. The summed E-state index contributed by atoms with van der Waals surface area (Å²) in [4.78, 5) is 0. The van der Waals surface area contributed by atoms with Crippen molar-refractivity contribution in [3.05, 3.63) is 54.7 Å². The standard InChI is InChI=1S/C14H14N.C2H6/c1-4-11-10-12-8-6-7-9-14(12)15(3)13(11)5-2;1-2/h4-10H,1-2H2,3H3;1-2H3/q+1;. The molecule has 1 nitrogen and oxygen atoms in total. The normalized spacial score (nSPS) is 9.35. The van der Waals surface area contributed by atoms with E-state index in [1.807, 2.05) is 45.2 Å². The molecular formula is C16H20N+. The second-order valence-electron chi connectivity index (χ2n) is 3.51. The van der Waals surface area contributed by atoms with Gasteiger partial charge in [0.2, 0.25) is 11.2 Å². The van der Waals surface area contributed by atoms with Crippen LogP contribution in [0.5, 0.6) is 0 Å². The van der Waals surface area contributed by atoms with Gasteiger partial charge < -0.3 is 0 Å². The highest BCUT2D eigenvalue weighted by Crippen LogP contribution is 2.16. The van der Waals surface area contributed by atoms with Gasteiger partial charge >= 0.3 is 0 Å². The minimum absolute atomic E-state index is 1.10. The first kappa shape index (κ1) is 13.2. The summed E-state index contributed by atoms with van der Waals surface area (Å²) in [5, 5.41) is 1.22. The first-order valence-corrected chi connectivity index (χ1v) is 5.94. The molecule has 0 fully saturated rings. The Labute approximate surface area is 104 Å². The van der Waals surface area contributed by atoms with Crippen molar-refractivity contribution in [3.63, 3.8) is 0 Å². The lowest BCUT2D eigenvalue weighted by atomic mass is 10.1. The van der Waals surface area contributed by atoms with Crippen LogP contribution in [0.1, 0.15) is 25.1 Å². The van der Waals surface area contributed by atoms with E-state index >= 15 is 0 Å². The van der Waals surface area contributed by atoms with Crippen molar-refractivity contribution in [2.75, 3.05) is 0 Å². The van der Waals surface area contributed by atoms with E-state index in [0.717, 1.165) is 11.3 Å². The Morgan fingerprint density at radius 2 is 1.71 bits per heavy atom. The molecule has 0 unspecified atom stereocenters. The maximum atomic E-state index is 3.84. The number of para-hydroxylation sites is 1. The van der Waals surface area contributed by atoms with Crippen LogP contribution in [0.25, 0.3) is 23.1 Å². The molecule has 0 atom stereocenters. The quantitative estimate of drug-likeness (QED) is 0.682. The molecule has 0 aliphatic carbocycles. The van der Waals surface area contributed by atoms with Crippen molar-refractivity contribution in [1.82, 2.24) is 0 Å². The van der Waals surface area contributed by atoms with Gasteiger partial charge in [0.05, 0.1) is 0 Å². The Hall–Kier alpha value is -1.89. The molecule has 0 radical (unpaired) electrons. The Bertz CT molecular complexity index is 538. The number of aromatic nitrogens is 1. The van der Waals surface area contributed by atoms with Gasteiger partial charge in [0.15, 0.2) is 0 Å². The van der Waals surface area contributed by atoms with Crippen LogP contribution < -0.4 is 4.57 Å². The van der Waals surface area contributed by atoms with Gasteiger partial charge in [-0.15, -0.1) is 0 Å². The van der Waals surface area contributed by atoms with Gasteiger partial charge in [-0.2, -0.15) is 4.57 Å². The van der Waals surface area contributed by atoms with Crippen LogP contribution in [0.15, 0.2) is 43.5 Å². The van der Waals surface area contributed by atoms with Crippen molar-refractivity contribution in [2.45, 2.75) is 13.8 Å². The van der Waals surface area contributed by atoms with Gasteiger partial charge in [0.1, 0.15) is 7.05 Å². The van der Waals surface area contributed by atoms with Crippen molar-refractivity contribution in [3.8, 4) is 0 Å². The summed E-state index contributed by atoms with van der Waals surface area (Å²) in [6.07, 6.45) is 3.73. The third kappa shape index (κ3) is 2.44. The van der Waals surface area contributed by atoms with Gasteiger partial charge in [-0.1, -0.05) is 45.2 Å². The molecule has 0 saturated carbocycles. The summed E-state index contributed by atoms with van der Waals surface area (Å²) in [5.74, 6) is 0. The van der Waals surface area contributed by atoms with E-state index in [1.165, 1.54) is 10.9 Å². The predicted molar refractivity (Wildman–Crippen MR) is 76.7 cm³/mol. The molecule has 0 N–H and O–H groups in total. The number of pyridine rings is 1. The molecule has 1 aromatic carbocycles. The maximum absolute atomic E-state index is 3.84. The van der Waals surface area contributed by atoms with Crippen LogP contribution in [0, 0.1) is 0 Å². The smallest absolute Gasteiger partial charge is 0.194 e. The number of hydrogen-bond acceptors (Lipinski definition) is 0. The van der Waals surface area contributed by atoms with Gasteiger partial charge in [-0.25, -0.2) is 0 Å². The van der Waals surface area contributed by atoms with Crippen LogP contribution in [-0.4, -0.2) is 0 Å². The molecule has 1 heteroatoms. The molecule has 0 amide bonds. The number of fused-ring (bicyclic) bond motifs is 1. The molecule has 0 saturated heterocycles. The molecule has 1 aromatic heterocycles. The molecule has 2 rings (SSSR count). The van der Waals surface area contributed by atoms with Gasteiger partial charge in [-0.3, -0.25) is 0 Å². The first-order chi connectivity index (χ1) is 8.27. The Morgan fingerprint density at radius 3 is 2.29 bits per heavy atom. The molecular weight excluding hydrogens is 206 g/mol. The third-order valence-corrected chi connectivity index (χ3v) is 2.68. The van der Waals surface area contributed by atoms with Crippen molar-refractivity contribution < 1.29 is 4.57 Å². The lowest BCUT2D eigenvalue weighted by molar-refractivity contribution is -0.646. The number of nitrogens with zero attached hydrogens (tertiary/aromatic N) is 1. The van der Waals surface area contributed by atoms with E-state index in [1.54, 1.807) is 0 Å². The zero-order valence-electron chi connectivity index (χ0n) is 10.9. The van der Waals surface area contributed by atoms with Crippen molar-refractivity contribution >= 4 is 23.1 Å². The monoisotopic (exact) mass is 226 g/mol. The van der Waals surface area contributed by atoms with Crippen molar-refractivity contribution in [1.29, 1.82) is 0 Å². The van der Waals surface area contributed by atoms with Crippen LogP contribution in [0.2, 0.25) is 0 Å². The lowest BCUT2D eigenvalue weighted by Crippen LogP contribution is -2.33. The van der Waals surface area contributed by atoms with E-state index < -0.39 is 0 Å². The van der Waals surface area contributed by atoms with Crippen LogP contribution in [0.4, 0.5) is 0 Å². The number of hydrogen-bond donors (Lipinski definition) is 0. The van der Waals surface area contributed by atoms with Crippen LogP contribution in [-0.2, 0) is 7.05 Å². The SMILES string of the molecule is C=Cc1cc2ccccc2[n+](C)c1C=C.CC. The topological polar surface area (TPSA) is 3.88 Å². The van der Waals surface area contributed by atoms with Gasteiger partial charge in [0, 0.05) is 23.1 Å². The fraction of sp³-hybridized carbons (Fsp3) is 0.188. The maximum Gasteiger partial charge on any atom is 0.212 e. The van der Waals surface area contributed by atoms with Gasteiger partial charge in [-0.05, 0) is 12.1 Å². The van der Waals surface area contributed by atoms with E-state index in [2.05, 4.69) is 35.9 Å². The number of rotatable bonds is 2. The fourth-order valence-electron chi connectivity index (χ4n) is 1.90. The largest absolute Gasteiger partial charge is 0.212 e. The van der Waals surface area contributed by atoms with E-state index in [9.17, 15) is 0 Å². The second-order valence-corrected chi connectivity index (χ2v) is 3.51. The highest BCUT2D eigenvalue weighted by atomic mass is 14.9. The third-order valence-electron chi connectivity index (χ3n) is 2.68. The fourth-order valence-corrected chi connectivity index (χ4v) is 1.90. The van der Waals surface area contributed by atoms with Crippen molar-refractivity contribution in [2.24, 2.45) is 7.05 Å². The summed E-state index contributed by atoms with van der Waals surface area (Å²) in [6.45, 7) is 11.7. The molecule has 2 aromatic rings. The average Bonchev–Trinajstić information content (AvgIpc) is 2.41. The van der Waals surface area contributed by atoms with E-state index in [0.29, 0.717) is 0 Å². The molecule has 17 heavy (non-hydrogen) atoms. The molecule has 0 spiro atoms. The molecule has 88 valence electrons. The minimum atomic E-state index is 1.10. The Balaban J connectivity index is 0.000000686. The zero-order valence-corrected chi connectivity index (χ0v) is 10.9. The van der Waals surface area contributed by atoms with E-state index in [4.69, 9.17) is 0 Å². The Kier molecular flexibility index (Phi) is 4.65. The van der Waals surface area contributed by atoms with E-state index in [-0.39, 0.29) is 0 Å². The van der Waals surface area contributed by atoms with Gasteiger partial charge in [0.25, 0.3) is 0 Å². The molecule has 1 heterocycles. The number of benzene rings is 1. The zero-order chi connectivity index (χ0) is 12.8. The Morgan fingerprint density at radius 1 is 1.06 bits per heavy atom. The summed E-state index contributed by atoms with van der Waals surface area (Å²) >= 11 is 0.